The van der Waals surface area contributed by atoms with Crippen molar-refractivity contribution in [2.24, 2.45) is 11.7 Å². The molecular formula is C10H14N4O2. The molecular weight excluding hydrogens is 208 g/mol. The van der Waals surface area contributed by atoms with E-state index in [2.05, 4.69) is 15.3 Å². The summed E-state index contributed by atoms with van der Waals surface area (Å²) in [6, 6.07) is -0.667. The van der Waals surface area contributed by atoms with Gasteiger partial charge in [-0.05, 0) is 12.8 Å². The van der Waals surface area contributed by atoms with Crippen LogP contribution in [0.3, 0.4) is 0 Å². The predicted molar refractivity (Wildman–Crippen MR) is 56.6 cm³/mol. The number of ketones is 1. The zero-order valence-corrected chi connectivity index (χ0v) is 8.77. The third-order valence-corrected chi connectivity index (χ3v) is 2.77. The van der Waals surface area contributed by atoms with Gasteiger partial charge in [-0.25, -0.2) is 4.98 Å². The number of H-pyrrole nitrogens is 1. The molecule has 16 heavy (non-hydrogen) atoms. The lowest BCUT2D eigenvalue weighted by Gasteiger charge is -2.12. The second-order valence-corrected chi connectivity index (χ2v) is 3.92. The molecule has 1 aromatic heterocycles. The number of nitrogens with two attached hydrogens (primary N) is 1. The SMILES string of the molecule is N[C@@H](C[C@@H]1CCNC1=O)C(=O)c1ncc[nH]1. The van der Waals surface area contributed by atoms with Crippen LogP contribution < -0.4 is 11.1 Å². The van der Waals surface area contributed by atoms with Crippen molar-refractivity contribution >= 4 is 11.7 Å². The quantitative estimate of drug-likeness (QED) is 0.595. The molecule has 0 saturated carbocycles. The molecule has 0 spiro atoms. The molecule has 0 aliphatic carbocycles. The van der Waals surface area contributed by atoms with Crippen LogP contribution in [0.2, 0.25) is 0 Å². The van der Waals surface area contributed by atoms with Gasteiger partial charge in [-0.1, -0.05) is 0 Å². The maximum absolute atomic E-state index is 11.7. The van der Waals surface area contributed by atoms with Gasteiger partial charge in [0.05, 0.1) is 6.04 Å². The number of amides is 1. The Balaban J connectivity index is 1.95. The third kappa shape index (κ3) is 2.11. The van der Waals surface area contributed by atoms with Crippen molar-refractivity contribution in [3.63, 3.8) is 0 Å². The van der Waals surface area contributed by atoms with Gasteiger partial charge in [-0.2, -0.15) is 0 Å². The topological polar surface area (TPSA) is 101 Å². The summed E-state index contributed by atoms with van der Waals surface area (Å²) in [7, 11) is 0. The third-order valence-electron chi connectivity index (χ3n) is 2.77. The molecule has 0 unspecified atom stereocenters. The van der Waals surface area contributed by atoms with Gasteiger partial charge in [0.25, 0.3) is 0 Å². The minimum Gasteiger partial charge on any atom is -0.356 e. The first-order valence-corrected chi connectivity index (χ1v) is 5.25. The predicted octanol–water partition coefficient (Wildman–Crippen LogP) is -0.554. The smallest absolute Gasteiger partial charge is 0.223 e. The molecule has 0 aromatic carbocycles. The lowest BCUT2D eigenvalue weighted by atomic mass is 9.96. The van der Waals surface area contributed by atoms with Crippen molar-refractivity contribution < 1.29 is 9.59 Å². The van der Waals surface area contributed by atoms with Gasteiger partial charge in [-0.3, -0.25) is 9.59 Å². The molecule has 1 fully saturated rings. The molecule has 1 aromatic rings. The fourth-order valence-corrected chi connectivity index (χ4v) is 1.86. The van der Waals surface area contributed by atoms with Crippen molar-refractivity contribution in [3.8, 4) is 0 Å². The molecule has 4 N–H and O–H groups in total. The highest BCUT2D eigenvalue weighted by molar-refractivity contribution is 5.97. The van der Waals surface area contributed by atoms with Crippen LogP contribution in [0.5, 0.6) is 0 Å². The summed E-state index contributed by atoms with van der Waals surface area (Å²) in [6.07, 6.45) is 4.20. The number of hydrogen-bond acceptors (Lipinski definition) is 4. The summed E-state index contributed by atoms with van der Waals surface area (Å²) in [5.74, 6) is -0.146. The molecule has 2 atom stereocenters. The Kier molecular flexibility index (Phi) is 3.00. The number of carbonyl (C=O) groups excluding carboxylic acids is 2. The first kappa shape index (κ1) is 10.8. The standard InChI is InChI=1S/C10H14N4O2/c11-7(5-6-1-2-14-10(6)16)8(15)9-12-3-4-13-9/h3-4,6-7H,1-2,5,11H2,(H,12,13)(H,14,16)/t6-,7-/m0/s1. The van der Waals surface area contributed by atoms with Gasteiger partial charge in [0.1, 0.15) is 0 Å². The lowest BCUT2D eigenvalue weighted by Crippen LogP contribution is -2.35. The van der Waals surface area contributed by atoms with E-state index in [0.717, 1.165) is 6.42 Å². The monoisotopic (exact) mass is 222 g/mol. The van der Waals surface area contributed by atoms with Crippen LogP contribution in [-0.2, 0) is 4.79 Å². The van der Waals surface area contributed by atoms with E-state index in [1.807, 2.05) is 0 Å². The Morgan fingerprint density at radius 1 is 1.69 bits per heavy atom. The number of imidazole rings is 1. The Hall–Kier alpha value is -1.69. The summed E-state index contributed by atoms with van der Waals surface area (Å²) >= 11 is 0. The molecule has 1 amide bonds. The molecule has 6 nitrogen and oxygen atoms in total. The Morgan fingerprint density at radius 2 is 2.50 bits per heavy atom. The van der Waals surface area contributed by atoms with Crippen LogP contribution in [0.4, 0.5) is 0 Å². The Labute approximate surface area is 92.6 Å². The largest absolute Gasteiger partial charge is 0.356 e. The molecule has 0 bridgehead atoms. The first-order chi connectivity index (χ1) is 7.68. The van der Waals surface area contributed by atoms with Crippen LogP contribution in [0, 0.1) is 5.92 Å². The summed E-state index contributed by atoms with van der Waals surface area (Å²) in [4.78, 5) is 29.6. The van der Waals surface area contributed by atoms with Crippen molar-refractivity contribution in [2.75, 3.05) is 6.54 Å². The number of aromatic nitrogens is 2. The maximum atomic E-state index is 11.7. The van der Waals surface area contributed by atoms with Crippen LogP contribution >= 0.6 is 0 Å². The minimum absolute atomic E-state index is 0.0114. The zero-order valence-electron chi connectivity index (χ0n) is 8.77. The van der Waals surface area contributed by atoms with E-state index >= 15 is 0 Å². The van der Waals surface area contributed by atoms with E-state index in [1.165, 1.54) is 6.20 Å². The molecule has 86 valence electrons. The normalized spacial score (nSPS) is 21.8. The van der Waals surface area contributed by atoms with E-state index in [0.29, 0.717) is 13.0 Å². The number of nitrogens with one attached hydrogen (secondary N) is 2. The van der Waals surface area contributed by atoms with Crippen molar-refractivity contribution in [1.29, 1.82) is 0 Å². The summed E-state index contributed by atoms with van der Waals surface area (Å²) in [5, 5.41) is 2.72. The second-order valence-electron chi connectivity index (χ2n) is 3.92. The van der Waals surface area contributed by atoms with Crippen LogP contribution in [0.1, 0.15) is 23.5 Å². The highest BCUT2D eigenvalue weighted by Gasteiger charge is 2.29. The number of nitrogens with zero attached hydrogens (tertiary/aromatic N) is 1. The highest BCUT2D eigenvalue weighted by Crippen LogP contribution is 2.16. The molecule has 0 radical (unpaired) electrons. The van der Waals surface area contributed by atoms with Crippen LogP contribution in [0.15, 0.2) is 12.4 Å². The highest BCUT2D eigenvalue weighted by atomic mass is 16.2. The summed E-state index contributed by atoms with van der Waals surface area (Å²) < 4.78 is 0. The van der Waals surface area contributed by atoms with Gasteiger partial charge in [-0.15, -0.1) is 0 Å². The van der Waals surface area contributed by atoms with Gasteiger partial charge in [0, 0.05) is 24.9 Å². The molecule has 1 saturated heterocycles. The van der Waals surface area contributed by atoms with E-state index in [4.69, 9.17) is 5.73 Å². The number of aromatic amines is 1. The van der Waals surface area contributed by atoms with Gasteiger partial charge >= 0.3 is 0 Å². The van der Waals surface area contributed by atoms with Crippen molar-refractivity contribution in [3.05, 3.63) is 18.2 Å². The Bertz CT molecular complexity index is 388. The van der Waals surface area contributed by atoms with E-state index in [1.54, 1.807) is 6.20 Å². The number of hydrogen-bond donors (Lipinski definition) is 3. The fraction of sp³-hybridized carbons (Fsp3) is 0.500. The summed E-state index contributed by atoms with van der Waals surface area (Å²) in [6.45, 7) is 0.672. The number of Topliss-reactive ketones (excluding diaryl/α,β-unsaturated/α-hetero) is 1. The maximum Gasteiger partial charge on any atom is 0.223 e. The van der Waals surface area contributed by atoms with Crippen LogP contribution in [-0.4, -0.2) is 34.2 Å². The van der Waals surface area contributed by atoms with E-state index in [9.17, 15) is 9.59 Å². The second kappa shape index (κ2) is 4.44. The number of carbonyl (C=O) groups is 2. The van der Waals surface area contributed by atoms with Gasteiger partial charge in [0.15, 0.2) is 5.82 Å². The van der Waals surface area contributed by atoms with Crippen molar-refractivity contribution in [1.82, 2.24) is 15.3 Å². The van der Waals surface area contributed by atoms with Gasteiger partial charge < -0.3 is 16.0 Å². The van der Waals surface area contributed by atoms with E-state index < -0.39 is 6.04 Å². The van der Waals surface area contributed by atoms with Crippen molar-refractivity contribution in [2.45, 2.75) is 18.9 Å². The van der Waals surface area contributed by atoms with Gasteiger partial charge in [0.2, 0.25) is 11.7 Å². The van der Waals surface area contributed by atoms with Crippen LogP contribution in [0.25, 0.3) is 0 Å². The molecule has 2 heterocycles. The fourth-order valence-electron chi connectivity index (χ4n) is 1.86. The molecule has 1 aliphatic heterocycles. The lowest BCUT2D eigenvalue weighted by molar-refractivity contribution is -0.122. The number of rotatable bonds is 4. The Morgan fingerprint density at radius 3 is 3.06 bits per heavy atom. The molecule has 1 aliphatic rings. The zero-order chi connectivity index (χ0) is 11.5. The average molecular weight is 222 g/mol. The van der Waals surface area contributed by atoms with E-state index in [-0.39, 0.29) is 23.4 Å². The summed E-state index contributed by atoms with van der Waals surface area (Å²) in [5.41, 5.74) is 5.76. The average Bonchev–Trinajstić information content (AvgIpc) is 2.89. The molecule has 2 rings (SSSR count). The molecule has 6 heteroatoms. The first-order valence-electron chi connectivity index (χ1n) is 5.25. The minimum atomic E-state index is -0.667.